The predicted octanol–water partition coefficient (Wildman–Crippen LogP) is 1.62. The molecule has 20 heavy (non-hydrogen) atoms. The number of nitrogens with one attached hydrogen (secondary N) is 2. The average Bonchev–Trinajstić information content (AvgIpc) is 2.48. The van der Waals surface area contributed by atoms with Crippen molar-refractivity contribution in [2.75, 3.05) is 10.6 Å². The van der Waals surface area contributed by atoms with E-state index in [0.29, 0.717) is 5.69 Å². The van der Waals surface area contributed by atoms with Gasteiger partial charge in [-0.1, -0.05) is 25.1 Å². The van der Waals surface area contributed by atoms with E-state index in [1.54, 1.807) is 18.2 Å². The van der Waals surface area contributed by atoms with Crippen molar-refractivity contribution in [1.29, 1.82) is 0 Å². The van der Waals surface area contributed by atoms with Crippen LogP contribution < -0.4 is 10.6 Å². The molecule has 6 nitrogen and oxygen atoms in total. The molecule has 0 radical (unpaired) electrons. The van der Waals surface area contributed by atoms with Crippen LogP contribution in [0, 0.1) is 0 Å². The quantitative estimate of drug-likeness (QED) is 0.830. The highest BCUT2D eigenvalue weighted by Crippen LogP contribution is 2.15. The highest BCUT2D eigenvalue weighted by atomic mass is 16.2. The number of nitrogens with zero attached hydrogens (tertiary/aromatic N) is 2. The highest BCUT2D eigenvalue weighted by molar-refractivity contribution is 6.43. The molecule has 0 atom stereocenters. The average molecular weight is 270 g/mol. The molecule has 2 N–H and O–H groups in total. The van der Waals surface area contributed by atoms with Crippen molar-refractivity contribution in [3.63, 3.8) is 0 Å². The van der Waals surface area contributed by atoms with Gasteiger partial charge in [0.1, 0.15) is 0 Å². The minimum Gasteiger partial charge on any atom is -0.318 e. The largest absolute Gasteiger partial charge is 0.318 e. The second-order valence-corrected chi connectivity index (χ2v) is 3.99. The first kappa shape index (κ1) is 13.7. The van der Waals surface area contributed by atoms with Gasteiger partial charge in [-0.05, 0) is 24.1 Å². The summed E-state index contributed by atoms with van der Waals surface area (Å²) in [7, 11) is 0. The third-order valence-electron chi connectivity index (χ3n) is 2.64. The lowest BCUT2D eigenvalue weighted by Crippen LogP contribution is -2.30. The number of anilines is 2. The van der Waals surface area contributed by atoms with Crippen LogP contribution in [0.1, 0.15) is 12.5 Å². The Bertz CT molecular complexity index is 614. The van der Waals surface area contributed by atoms with Crippen LogP contribution in [0.3, 0.4) is 0 Å². The van der Waals surface area contributed by atoms with E-state index < -0.39 is 11.8 Å². The Hall–Kier alpha value is -2.76. The molecule has 102 valence electrons. The smallest absolute Gasteiger partial charge is 0.316 e. The molecule has 1 heterocycles. The van der Waals surface area contributed by atoms with Crippen LogP contribution in [-0.4, -0.2) is 21.8 Å². The first-order valence-corrected chi connectivity index (χ1v) is 6.18. The summed E-state index contributed by atoms with van der Waals surface area (Å²) in [5.41, 5.74) is 1.59. The van der Waals surface area contributed by atoms with Crippen molar-refractivity contribution in [3.05, 3.63) is 48.3 Å². The molecular weight excluding hydrogens is 256 g/mol. The molecule has 2 amide bonds. The number of carbonyl (C=O) groups is 2. The van der Waals surface area contributed by atoms with Crippen molar-refractivity contribution in [2.24, 2.45) is 0 Å². The second-order valence-electron chi connectivity index (χ2n) is 3.99. The molecule has 0 aliphatic carbocycles. The zero-order chi connectivity index (χ0) is 14.4. The van der Waals surface area contributed by atoms with Gasteiger partial charge in [-0.15, -0.1) is 0 Å². The maximum absolute atomic E-state index is 11.8. The van der Waals surface area contributed by atoms with Crippen molar-refractivity contribution in [3.8, 4) is 0 Å². The lowest BCUT2D eigenvalue weighted by molar-refractivity contribution is -0.133. The number of benzene rings is 1. The van der Waals surface area contributed by atoms with Crippen molar-refractivity contribution < 1.29 is 9.59 Å². The summed E-state index contributed by atoms with van der Waals surface area (Å²) in [6.07, 6.45) is 3.72. The summed E-state index contributed by atoms with van der Waals surface area (Å²) < 4.78 is 0. The normalized spacial score (nSPS) is 9.85. The number of aromatic nitrogens is 2. The molecule has 0 bridgehead atoms. The molecule has 0 saturated carbocycles. The fourth-order valence-electron chi connectivity index (χ4n) is 1.65. The van der Waals surface area contributed by atoms with E-state index in [2.05, 4.69) is 20.6 Å². The Morgan fingerprint density at radius 2 is 1.65 bits per heavy atom. The predicted molar refractivity (Wildman–Crippen MR) is 75.1 cm³/mol. The van der Waals surface area contributed by atoms with E-state index in [4.69, 9.17) is 0 Å². The van der Waals surface area contributed by atoms with Crippen LogP contribution in [0.5, 0.6) is 0 Å². The van der Waals surface area contributed by atoms with E-state index >= 15 is 0 Å². The number of aryl methyl sites for hydroxylation is 1. The number of hydrogen-bond acceptors (Lipinski definition) is 4. The minimum absolute atomic E-state index is 0.0939. The number of para-hydroxylation sites is 1. The zero-order valence-electron chi connectivity index (χ0n) is 11.0. The van der Waals surface area contributed by atoms with Gasteiger partial charge in [0.25, 0.3) is 0 Å². The third kappa shape index (κ3) is 3.38. The van der Waals surface area contributed by atoms with Crippen molar-refractivity contribution in [2.45, 2.75) is 13.3 Å². The van der Waals surface area contributed by atoms with E-state index in [0.717, 1.165) is 12.0 Å². The number of rotatable bonds is 3. The summed E-state index contributed by atoms with van der Waals surface area (Å²) in [6.45, 7) is 1.98. The molecule has 0 unspecified atom stereocenters. The summed E-state index contributed by atoms with van der Waals surface area (Å²) in [6, 6.07) is 8.95. The van der Waals surface area contributed by atoms with Crippen LogP contribution in [0.4, 0.5) is 11.6 Å². The summed E-state index contributed by atoms with van der Waals surface area (Å²) in [5.74, 6) is -1.46. The van der Waals surface area contributed by atoms with Gasteiger partial charge < -0.3 is 5.32 Å². The van der Waals surface area contributed by atoms with E-state index in [1.807, 2.05) is 19.1 Å². The third-order valence-corrected chi connectivity index (χ3v) is 2.64. The lowest BCUT2D eigenvalue weighted by atomic mass is 10.1. The van der Waals surface area contributed by atoms with Crippen molar-refractivity contribution in [1.82, 2.24) is 9.97 Å². The standard InChI is InChI=1S/C14H14N4O2/c1-2-10-6-3-4-7-11(10)17-12(19)13(20)18-14-15-8-5-9-16-14/h3-9H,2H2,1H3,(H,17,19)(H,15,16,18,20). The van der Waals surface area contributed by atoms with Crippen LogP contribution in [0.25, 0.3) is 0 Å². The first-order valence-electron chi connectivity index (χ1n) is 6.18. The molecule has 1 aromatic heterocycles. The molecular formula is C14H14N4O2. The molecule has 0 fully saturated rings. The van der Waals surface area contributed by atoms with Crippen LogP contribution >= 0.6 is 0 Å². The number of carbonyl (C=O) groups excluding carboxylic acids is 2. The summed E-state index contributed by atoms with van der Waals surface area (Å²) in [5, 5.41) is 4.90. The number of amides is 2. The SMILES string of the molecule is CCc1ccccc1NC(=O)C(=O)Nc1ncccn1. The van der Waals surface area contributed by atoms with Crippen molar-refractivity contribution >= 4 is 23.5 Å². The maximum Gasteiger partial charge on any atom is 0.316 e. The van der Waals surface area contributed by atoms with Gasteiger partial charge in [0.2, 0.25) is 5.95 Å². The fourth-order valence-corrected chi connectivity index (χ4v) is 1.65. The van der Waals surface area contributed by atoms with E-state index in [-0.39, 0.29) is 5.95 Å². The Morgan fingerprint density at radius 1 is 1.00 bits per heavy atom. The molecule has 2 rings (SSSR count). The number of hydrogen-bond donors (Lipinski definition) is 2. The molecule has 0 aliphatic heterocycles. The van der Waals surface area contributed by atoms with Gasteiger partial charge in [0, 0.05) is 18.1 Å². The van der Waals surface area contributed by atoms with Crippen LogP contribution in [0.2, 0.25) is 0 Å². The van der Waals surface area contributed by atoms with Gasteiger partial charge >= 0.3 is 11.8 Å². The Morgan fingerprint density at radius 3 is 2.35 bits per heavy atom. The molecule has 0 aliphatic rings. The zero-order valence-corrected chi connectivity index (χ0v) is 11.0. The van der Waals surface area contributed by atoms with Gasteiger partial charge in [-0.3, -0.25) is 14.9 Å². The van der Waals surface area contributed by atoms with Gasteiger partial charge in [0.15, 0.2) is 0 Å². The molecule has 0 saturated heterocycles. The van der Waals surface area contributed by atoms with E-state index in [1.165, 1.54) is 12.4 Å². The minimum atomic E-state index is -0.804. The van der Waals surface area contributed by atoms with Gasteiger partial charge in [-0.2, -0.15) is 0 Å². The Balaban J connectivity index is 2.03. The Kier molecular flexibility index (Phi) is 4.39. The summed E-state index contributed by atoms with van der Waals surface area (Å²) in [4.78, 5) is 31.2. The molecule has 0 spiro atoms. The van der Waals surface area contributed by atoms with Gasteiger partial charge in [0.05, 0.1) is 0 Å². The lowest BCUT2D eigenvalue weighted by Gasteiger charge is -2.09. The molecule has 6 heteroatoms. The highest BCUT2D eigenvalue weighted by Gasteiger charge is 2.15. The molecule has 1 aromatic carbocycles. The molecule has 2 aromatic rings. The topological polar surface area (TPSA) is 84.0 Å². The summed E-state index contributed by atoms with van der Waals surface area (Å²) >= 11 is 0. The van der Waals surface area contributed by atoms with E-state index in [9.17, 15) is 9.59 Å². The fraction of sp³-hybridized carbons (Fsp3) is 0.143. The first-order chi connectivity index (χ1) is 9.70. The van der Waals surface area contributed by atoms with Crippen LogP contribution in [-0.2, 0) is 16.0 Å². The Labute approximate surface area is 116 Å². The van der Waals surface area contributed by atoms with Crippen LogP contribution in [0.15, 0.2) is 42.7 Å². The van der Waals surface area contributed by atoms with Gasteiger partial charge in [-0.25, -0.2) is 9.97 Å². The maximum atomic E-state index is 11.8. The second kappa shape index (κ2) is 6.42. The monoisotopic (exact) mass is 270 g/mol.